The molecule has 1 heterocycles. The standard InChI is InChI=1S/C20H33NO2Si/c1-15(2)21(16(3)4)18(22)20(19(23-20)24(5,6)7)14-13-17-11-9-8-10-12-17/h8-12,15-16,19H,13-14H2,1-7H3/t19-,20+/m1/s1. The van der Waals surface area contributed by atoms with Crippen LogP contribution in [0.2, 0.25) is 19.6 Å². The lowest BCUT2D eigenvalue weighted by atomic mass is 9.97. The Morgan fingerprint density at radius 3 is 2.08 bits per heavy atom. The van der Waals surface area contributed by atoms with Gasteiger partial charge in [0.05, 0.1) is 13.8 Å². The Hall–Kier alpha value is -1.13. The highest BCUT2D eigenvalue weighted by Crippen LogP contribution is 2.47. The van der Waals surface area contributed by atoms with E-state index >= 15 is 0 Å². The van der Waals surface area contributed by atoms with Gasteiger partial charge in [-0.15, -0.1) is 0 Å². The molecule has 2 rings (SSSR count). The van der Waals surface area contributed by atoms with Gasteiger partial charge >= 0.3 is 0 Å². The molecule has 0 aliphatic carbocycles. The first-order valence-corrected chi connectivity index (χ1v) is 12.7. The molecule has 0 radical (unpaired) electrons. The maximum Gasteiger partial charge on any atom is 0.257 e. The Kier molecular flexibility index (Phi) is 5.60. The van der Waals surface area contributed by atoms with Gasteiger partial charge in [-0.3, -0.25) is 4.79 Å². The van der Waals surface area contributed by atoms with Crippen LogP contribution in [0.25, 0.3) is 0 Å². The van der Waals surface area contributed by atoms with Crippen molar-refractivity contribution in [3.8, 4) is 0 Å². The summed E-state index contributed by atoms with van der Waals surface area (Å²) >= 11 is 0. The highest BCUT2D eigenvalue weighted by molar-refractivity contribution is 6.78. The number of epoxide rings is 1. The predicted molar refractivity (Wildman–Crippen MR) is 103 cm³/mol. The molecule has 0 N–H and O–H groups in total. The topological polar surface area (TPSA) is 32.8 Å². The average Bonchev–Trinajstić information content (AvgIpc) is 3.22. The molecule has 0 aromatic heterocycles. The van der Waals surface area contributed by atoms with Crippen molar-refractivity contribution in [1.82, 2.24) is 4.90 Å². The molecule has 24 heavy (non-hydrogen) atoms. The van der Waals surface area contributed by atoms with Gasteiger partial charge in [0.1, 0.15) is 0 Å². The van der Waals surface area contributed by atoms with E-state index in [9.17, 15) is 4.79 Å². The maximum atomic E-state index is 13.4. The van der Waals surface area contributed by atoms with E-state index in [4.69, 9.17) is 4.74 Å². The number of hydrogen-bond acceptors (Lipinski definition) is 2. The summed E-state index contributed by atoms with van der Waals surface area (Å²) in [5, 5.41) is 0. The second-order valence-electron chi connectivity index (χ2n) is 8.64. The molecule has 0 spiro atoms. The number of aryl methyl sites for hydroxylation is 1. The van der Waals surface area contributed by atoms with Crippen LogP contribution in [0.5, 0.6) is 0 Å². The summed E-state index contributed by atoms with van der Waals surface area (Å²) in [5.74, 6) is 0.191. The van der Waals surface area contributed by atoms with Crippen molar-refractivity contribution < 1.29 is 9.53 Å². The van der Waals surface area contributed by atoms with Crippen molar-refractivity contribution in [1.29, 1.82) is 0 Å². The van der Waals surface area contributed by atoms with Gasteiger partial charge in [-0.1, -0.05) is 50.0 Å². The molecule has 4 heteroatoms. The van der Waals surface area contributed by atoms with Gasteiger partial charge in [0.25, 0.3) is 5.91 Å². The smallest absolute Gasteiger partial charge is 0.257 e. The lowest BCUT2D eigenvalue weighted by Crippen LogP contribution is -2.52. The number of carbonyl (C=O) groups excluding carboxylic acids is 1. The van der Waals surface area contributed by atoms with Crippen LogP contribution in [0.15, 0.2) is 30.3 Å². The van der Waals surface area contributed by atoms with Crippen molar-refractivity contribution in [2.45, 2.75) is 83.6 Å². The summed E-state index contributed by atoms with van der Waals surface area (Å²) in [5.41, 5.74) is 0.797. The Balaban J connectivity index is 2.23. The minimum absolute atomic E-state index is 0.126. The number of carbonyl (C=O) groups is 1. The third-order valence-corrected chi connectivity index (χ3v) is 6.98. The van der Waals surface area contributed by atoms with E-state index < -0.39 is 13.7 Å². The lowest BCUT2D eigenvalue weighted by molar-refractivity contribution is -0.140. The monoisotopic (exact) mass is 347 g/mol. The summed E-state index contributed by atoms with van der Waals surface area (Å²) in [6, 6.07) is 10.8. The zero-order valence-corrected chi connectivity index (χ0v) is 17.3. The van der Waals surface area contributed by atoms with E-state index in [-0.39, 0.29) is 23.7 Å². The fourth-order valence-electron chi connectivity index (χ4n) is 3.77. The summed E-state index contributed by atoms with van der Waals surface area (Å²) in [6.07, 6.45) is 1.66. The highest BCUT2D eigenvalue weighted by Gasteiger charge is 2.67. The van der Waals surface area contributed by atoms with Crippen molar-refractivity contribution in [2.24, 2.45) is 0 Å². The van der Waals surface area contributed by atoms with Gasteiger partial charge in [0.2, 0.25) is 0 Å². The highest BCUT2D eigenvalue weighted by atomic mass is 28.3. The van der Waals surface area contributed by atoms with E-state index in [1.807, 2.05) is 11.0 Å². The normalized spacial score (nSPS) is 23.6. The fourth-order valence-corrected chi connectivity index (χ4v) is 6.00. The SMILES string of the molecule is CC(C)N(C(=O)[C@]1(CCc2ccccc2)O[C@@H]1[Si](C)(C)C)C(C)C. The second-order valence-corrected chi connectivity index (χ2v) is 13.9. The van der Waals surface area contributed by atoms with E-state index in [1.165, 1.54) is 5.56 Å². The molecule has 0 saturated carbocycles. The molecule has 1 amide bonds. The average molecular weight is 348 g/mol. The van der Waals surface area contributed by atoms with Gasteiger partial charge in [-0.05, 0) is 46.1 Å². The third-order valence-electron chi connectivity index (χ3n) is 4.82. The Morgan fingerprint density at radius 1 is 1.12 bits per heavy atom. The zero-order chi connectivity index (χ0) is 18.1. The van der Waals surface area contributed by atoms with Crippen LogP contribution in [0, 0.1) is 0 Å². The number of ether oxygens (including phenoxy) is 1. The minimum Gasteiger partial charge on any atom is -0.359 e. The van der Waals surface area contributed by atoms with Crippen molar-refractivity contribution in [3.63, 3.8) is 0 Å². The van der Waals surface area contributed by atoms with E-state index in [1.54, 1.807) is 0 Å². The third kappa shape index (κ3) is 3.91. The van der Waals surface area contributed by atoms with E-state index in [0.717, 1.165) is 12.8 Å². The Labute approximate surface area is 148 Å². The zero-order valence-electron chi connectivity index (χ0n) is 16.3. The quantitative estimate of drug-likeness (QED) is 0.545. The van der Waals surface area contributed by atoms with Crippen molar-refractivity contribution >= 4 is 14.0 Å². The van der Waals surface area contributed by atoms with Gasteiger partial charge in [0, 0.05) is 12.1 Å². The molecule has 1 saturated heterocycles. The summed E-state index contributed by atoms with van der Waals surface area (Å²) in [6.45, 7) is 15.3. The molecule has 1 aromatic rings. The Bertz CT molecular complexity index is 557. The van der Waals surface area contributed by atoms with Crippen LogP contribution in [-0.2, 0) is 16.0 Å². The lowest BCUT2D eigenvalue weighted by Gasteiger charge is -2.34. The fraction of sp³-hybridized carbons (Fsp3) is 0.650. The number of benzene rings is 1. The van der Waals surface area contributed by atoms with Crippen LogP contribution < -0.4 is 0 Å². The molecule has 0 bridgehead atoms. The number of hydrogen-bond donors (Lipinski definition) is 0. The van der Waals surface area contributed by atoms with Gasteiger partial charge in [-0.2, -0.15) is 0 Å². The van der Waals surface area contributed by atoms with Crippen LogP contribution in [0.3, 0.4) is 0 Å². The molecule has 1 fully saturated rings. The van der Waals surface area contributed by atoms with Crippen LogP contribution in [0.1, 0.15) is 39.7 Å². The first-order valence-electron chi connectivity index (χ1n) is 9.14. The van der Waals surface area contributed by atoms with E-state index in [0.29, 0.717) is 0 Å². The first kappa shape index (κ1) is 19.2. The summed E-state index contributed by atoms with van der Waals surface area (Å²) in [4.78, 5) is 15.4. The second kappa shape index (κ2) is 7.01. The van der Waals surface area contributed by atoms with Crippen LogP contribution in [0.4, 0.5) is 0 Å². The predicted octanol–water partition coefficient (Wildman–Crippen LogP) is 4.28. The van der Waals surface area contributed by atoms with Crippen LogP contribution >= 0.6 is 0 Å². The minimum atomic E-state index is -1.54. The maximum absolute atomic E-state index is 13.4. The molecular formula is C20H33NO2Si. The molecule has 1 aliphatic heterocycles. The summed E-state index contributed by atoms with van der Waals surface area (Å²) in [7, 11) is -1.54. The molecule has 0 unspecified atom stereocenters. The number of amides is 1. The molecule has 1 aromatic carbocycles. The van der Waals surface area contributed by atoms with E-state index in [2.05, 4.69) is 71.6 Å². The van der Waals surface area contributed by atoms with Gasteiger partial charge in [0.15, 0.2) is 5.60 Å². The molecular weight excluding hydrogens is 314 g/mol. The Morgan fingerprint density at radius 2 is 1.67 bits per heavy atom. The number of nitrogens with zero attached hydrogens (tertiary/aromatic N) is 1. The van der Waals surface area contributed by atoms with Crippen LogP contribution in [-0.4, -0.2) is 42.3 Å². The first-order chi connectivity index (χ1) is 11.1. The number of rotatable bonds is 7. The molecule has 3 nitrogen and oxygen atoms in total. The summed E-state index contributed by atoms with van der Waals surface area (Å²) < 4.78 is 6.20. The van der Waals surface area contributed by atoms with Gasteiger partial charge in [-0.25, -0.2) is 0 Å². The van der Waals surface area contributed by atoms with Gasteiger partial charge < -0.3 is 9.64 Å². The largest absolute Gasteiger partial charge is 0.359 e. The molecule has 1 aliphatic rings. The van der Waals surface area contributed by atoms with Crippen molar-refractivity contribution in [2.75, 3.05) is 0 Å². The molecule has 2 atom stereocenters. The van der Waals surface area contributed by atoms with Crippen molar-refractivity contribution in [3.05, 3.63) is 35.9 Å². The molecule has 134 valence electrons.